The number of aromatic nitrogens is 1. The van der Waals surface area contributed by atoms with Gasteiger partial charge in [0.1, 0.15) is 0 Å². The highest BCUT2D eigenvalue weighted by Gasteiger charge is 2.10. The molecule has 0 N–H and O–H groups in total. The number of hydrogen-bond acceptors (Lipinski definition) is 2. The van der Waals surface area contributed by atoms with Gasteiger partial charge >= 0.3 is 0 Å². The van der Waals surface area contributed by atoms with E-state index in [1.54, 1.807) is 6.20 Å². The first-order valence-electron chi connectivity index (χ1n) is 7.77. The molecule has 0 fully saturated rings. The minimum absolute atomic E-state index is 0.861. The van der Waals surface area contributed by atoms with Gasteiger partial charge in [-0.1, -0.05) is 42.0 Å². The molecule has 0 amide bonds. The highest BCUT2D eigenvalue weighted by Crippen LogP contribution is 2.35. The Kier molecular flexibility index (Phi) is 4.33. The minimum atomic E-state index is 0.861. The zero-order valence-electron chi connectivity index (χ0n) is 13.7. The van der Waals surface area contributed by atoms with Crippen LogP contribution in [-0.4, -0.2) is 11.2 Å². The van der Waals surface area contributed by atoms with E-state index in [2.05, 4.69) is 55.0 Å². The number of hydrogen-bond donors (Lipinski definition) is 0. The average Bonchev–Trinajstić information content (AvgIpc) is 2.54. The molecule has 0 saturated carbocycles. The number of rotatable bonds is 3. The molecule has 3 rings (SSSR count). The van der Waals surface area contributed by atoms with Gasteiger partial charge in [-0.15, -0.1) is 0 Å². The summed E-state index contributed by atoms with van der Waals surface area (Å²) in [6.07, 6.45) is 3.60. The molecule has 0 unspecified atom stereocenters. The van der Waals surface area contributed by atoms with Gasteiger partial charge in [0, 0.05) is 11.8 Å². The molecule has 114 valence electrons. The van der Waals surface area contributed by atoms with Crippen LogP contribution in [0.3, 0.4) is 0 Å². The van der Waals surface area contributed by atoms with E-state index in [1.165, 1.54) is 22.3 Å². The van der Waals surface area contributed by atoms with Crippen LogP contribution in [-0.2, 0) is 0 Å². The van der Waals surface area contributed by atoms with Crippen LogP contribution in [0.15, 0.2) is 65.8 Å². The predicted octanol–water partition coefficient (Wildman–Crippen LogP) is 5.42. The van der Waals surface area contributed by atoms with Crippen molar-refractivity contribution in [3.63, 3.8) is 0 Å². The van der Waals surface area contributed by atoms with E-state index in [9.17, 15) is 0 Å². The molecule has 0 aliphatic rings. The first kappa shape index (κ1) is 15.2. The van der Waals surface area contributed by atoms with Crippen LogP contribution in [0.1, 0.15) is 22.4 Å². The standard InChI is InChI=1S/C21H20N2/c1-15-12-16(2)21(17(3)13-15)19-9-4-5-10-20(19)23-14-18-8-6-7-11-22-18/h4-14H,1-3H3. The molecule has 0 aliphatic heterocycles. The summed E-state index contributed by atoms with van der Waals surface area (Å²) in [5.41, 5.74) is 8.11. The average molecular weight is 300 g/mol. The molecule has 2 heteroatoms. The maximum Gasteiger partial charge on any atom is 0.0812 e. The van der Waals surface area contributed by atoms with Crippen LogP contribution in [0.5, 0.6) is 0 Å². The van der Waals surface area contributed by atoms with Crippen LogP contribution in [0.2, 0.25) is 0 Å². The van der Waals surface area contributed by atoms with Crippen molar-refractivity contribution in [2.24, 2.45) is 4.99 Å². The van der Waals surface area contributed by atoms with E-state index < -0.39 is 0 Å². The van der Waals surface area contributed by atoms with Crippen LogP contribution in [0.25, 0.3) is 11.1 Å². The lowest BCUT2D eigenvalue weighted by molar-refractivity contribution is 1.30. The molecule has 3 aromatic rings. The van der Waals surface area contributed by atoms with Crippen molar-refractivity contribution in [2.45, 2.75) is 20.8 Å². The van der Waals surface area contributed by atoms with E-state index in [0.717, 1.165) is 16.9 Å². The van der Waals surface area contributed by atoms with Gasteiger partial charge < -0.3 is 0 Å². The van der Waals surface area contributed by atoms with E-state index >= 15 is 0 Å². The van der Waals surface area contributed by atoms with Crippen molar-refractivity contribution in [3.8, 4) is 11.1 Å². The summed E-state index contributed by atoms with van der Waals surface area (Å²) < 4.78 is 0. The Hall–Kier alpha value is -2.74. The molecule has 2 nitrogen and oxygen atoms in total. The molecule has 0 radical (unpaired) electrons. The van der Waals surface area contributed by atoms with E-state index in [1.807, 2.05) is 36.5 Å². The first-order chi connectivity index (χ1) is 11.1. The Balaban J connectivity index is 2.07. The Labute approximate surface area is 137 Å². The second-order valence-electron chi connectivity index (χ2n) is 5.80. The third-order valence-corrected chi connectivity index (χ3v) is 3.87. The third kappa shape index (κ3) is 3.37. The van der Waals surface area contributed by atoms with Crippen molar-refractivity contribution in [1.29, 1.82) is 0 Å². The van der Waals surface area contributed by atoms with Crippen LogP contribution in [0.4, 0.5) is 5.69 Å². The second kappa shape index (κ2) is 6.57. The molecule has 0 aliphatic carbocycles. The number of aliphatic imine (C=N–C) groups is 1. The van der Waals surface area contributed by atoms with Gasteiger partial charge in [0.15, 0.2) is 0 Å². The summed E-state index contributed by atoms with van der Waals surface area (Å²) in [4.78, 5) is 8.96. The van der Waals surface area contributed by atoms with Gasteiger partial charge in [-0.05, 0) is 55.7 Å². The fraction of sp³-hybridized carbons (Fsp3) is 0.143. The highest BCUT2D eigenvalue weighted by atomic mass is 14.8. The normalized spacial score (nSPS) is 11.1. The number of aryl methyl sites for hydroxylation is 3. The lowest BCUT2D eigenvalue weighted by Gasteiger charge is -2.13. The van der Waals surface area contributed by atoms with Gasteiger partial charge in [-0.2, -0.15) is 0 Å². The molecule has 1 heterocycles. The maximum absolute atomic E-state index is 4.67. The number of benzene rings is 2. The van der Waals surface area contributed by atoms with Crippen molar-refractivity contribution >= 4 is 11.9 Å². The Morgan fingerprint density at radius 1 is 0.870 bits per heavy atom. The molecule has 1 aromatic heterocycles. The number of para-hydroxylation sites is 1. The first-order valence-corrected chi connectivity index (χ1v) is 7.77. The summed E-state index contributed by atoms with van der Waals surface area (Å²) in [6.45, 7) is 6.46. The summed E-state index contributed by atoms with van der Waals surface area (Å²) in [5, 5.41) is 0. The minimum Gasteiger partial charge on any atom is -0.255 e. The molecule has 2 aromatic carbocycles. The van der Waals surface area contributed by atoms with Gasteiger partial charge in [0.05, 0.1) is 17.6 Å². The van der Waals surface area contributed by atoms with Crippen molar-refractivity contribution in [2.75, 3.05) is 0 Å². The van der Waals surface area contributed by atoms with E-state index in [4.69, 9.17) is 0 Å². The molecule has 0 spiro atoms. The third-order valence-electron chi connectivity index (χ3n) is 3.87. The number of nitrogens with zero attached hydrogens (tertiary/aromatic N) is 2. The number of pyridine rings is 1. The molecular weight excluding hydrogens is 280 g/mol. The van der Waals surface area contributed by atoms with Crippen molar-refractivity contribution in [1.82, 2.24) is 4.98 Å². The molecule has 0 bridgehead atoms. The quantitative estimate of drug-likeness (QED) is 0.592. The second-order valence-corrected chi connectivity index (χ2v) is 5.80. The van der Waals surface area contributed by atoms with E-state index in [-0.39, 0.29) is 0 Å². The van der Waals surface area contributed by atoms with Gasteiger partial charge in [0.2, 0.25) is 0 Å². The molecule has 0 atom stereocenters. The molecular formula is C21H20N2. The molecule has 23 heavy (non-hydrogen) atoms. The van der Waals surface area contributed by atoms with Crippen LogP contribution in [0, 0.1) is 20.8 Å². The Morgan fingerprint density at radius 2 is 1.57 bits per heavy atom. The summed E-state index contributed by atoms with van der Waals surface area (Å²) in [5.74, 6) is 0. The largest absolute Gasteiger partial charge is 0.255 e. The fourth-order valence-corrected chi connectivity index (χ4v) is 2.99. The van der Waals surface area contributed by atoms with Crippen molar-refractivity contribution in [3.05, 3.63) is 83.2 Å². The highest BCUT2D eigenvalue weighted by molar-refractivity contribution is 5.86. The molecule has 0 saturated heterocycles. The summed E-state index contributed by atoms with van der Waals surface area (Å²) >= 11 is 0. The van der Waals surface area contributed by atoms with Gasteiger partial charge in [0.25, 0.3) is 0 Å². The monoisotopic (exact) mass is 300 g/mol. The lowest BCUT2D eigenvalue weighted by Crippen LogP contribution is -1.91. The topological polar surface area (TPSA) is 25.2 Å². The van der Waals surface area contributed by atoms with Gasteiger partial charge in [-0.25, -0.2) is 0 Å². The van der Waals surface area contributed by atoms with Gasteiger partial charge in [-0.3, -0.25) is 9.98 Å². The Morgan fingerprint density at radius 3 is 2.26 bits per heavy atom. The summed E-state index contributed by atoms with van der Waals surface area (Å²) in [7, 11) is 0. The van der Waals surface area contributed by atoms with E-state index in [0.29, 0.717) is 0 Å². The SMILES string of the molecule is Cc1cc(C)c(-c2ccccc2N=Cc2ccccn2)c(C)c1. The van der Waals surface area contributed by atoms with Crippen LogP contribution < -0.4 is 0 Å². The lowest BCUT2D eigenvalue weighted by atomic mass is 9.93. The zero-order chi connectivity index (χ0) is 16.2. The predicted molar refractivity (Wildman–Crippen MR) is 97.6 cm³/mol. The zero-order valence-corrected chi connectivity index (χ0v) is 13.7. The maximum atomic E-state index is 4.67. The smallest absolute Gasteiger partial charge is 0.0812 e. The fourth-order valence-electron chi connectivity index (χ4n) is 2.99. The van der Waals surface area contributed by atoms with Crippen LogP contribution >= 0.6 is 0 Å². The summed E-state index contributed by atoms with van der Waals surface area (Å²) in [6, 6.07) is 18.5. The Bertz CT molecular complexity index is 826. The van der Waals surface area contributed by atoms with Crippen molar-refractivity contribution < 1.29 is 0 Å².